The molecule has 0 aliphatic heterocycles. The third kappa shape index (κ3) is 5.10. The molecule has 1 nitrogen and oxygen atoms in total. The minimum absolute atomic E-state index is 0.345. The largest absolute Gasteiger partial charge is 0.416 e. The predicted molar refractivity (Wildman–Crippen MR) is 78.3 cm³/mol. The fraction of sp³-hybridized carbons (Fsp3) is 0.250. The number of alkyl halides is 3. The zero-order valence-electron chi connectivity index (χ0n) is 11.2. The van der Waals surface area contributed by atoms with Crippen LogP contribution in [-0.4, -0.2) is 17.0 Å². The van der Waals surface area contributed by atoms with Crippen molar-refractivity contribution in [2.24, 2.45) is 0 Å². The number of thioether (sulfide) groups is 1. The topological polar surface area (TPSA) is 20.2 Å². The third-order valence-electron chi connectivity index (χ3n) is 2.94. The number of rotatable bonds is 5. The monoisotopic (exact) mass is 312 g/mol. The second kappa shape index (κ2) is 7.00. The van der Waals surface area contributed by atoms with Gasteiger partial charge in [0.05, 0.1) is 11.7 Å². The normalized spacial score (nSPS) is 13.1. The Morgan fingerprint density at radius 3 is 2.14 bits per heavy atom. The molecule has 21 heavy (non-hydrogen) atoms. The summed E-state index contributed by atoms with van der Waals surface area (Å²) in [6, 6.07) is 14.6. The van der Waals surface area contributed by atoms with E-state index >= 15 is 0 Å². The van der Waals surface area contributed by atoms with Crippen LogP contribution in [-0.2, 0) is 12.6 Å². The number of hydrogen-bond acceptors (Lipinski definition) is 2. The van der Waals surface area contributed by atoms with Gasteiger partial charge in [-0.2, -0.15) is 13.2 Å². The van der Waals surface area contributed by atoms with Gasteiger partial charge < -0.3 is 5.11 Å². The van der Waals surface area contributed by atoms with E-state index in [1.807, 2.05) is 30.3 Å². The molecule has 0 aliphatic carbocycles. The van der Waals surface area contributed by atoms with E-state index in [2.05, 4.69) is 0 Å². The molecule has 1 unspecified atom stereocenters. The Morgan fingerprint density at radius 1 is 0.952 bits per heavy atom. The summed E-state index contributed by atoms with van der Waals surface area (Å²) < 4.78 is 37.3. The van der Waals surface area contributed by atoms with Gasteiger partial charge in [0.1, 0.15) is 0 Å². The predicted octanol–water partition coefficient (Wildman–Crippen LogP) is 4.40. The molecule has 0 spiro atoms. The molecule has 0 aliphatic rings. The van der Waals surface area contributed by atoms with Crippen LogP contribution in [0.4, 0.5) is 13.2 Å². The second-order valence-corrected chi connectivity index (χ2v) is 5.77. The van der Waals surface area contributed by atoms with E-state index in [-0.39, 0.29) is 0 Å². The Morgan fingerprint density at radius 2 is 1.57 bits per heavy atom. The lowest BCUT2D eigenvalue weighted by Crippen LogP contribution is -2.13. The highest BCUT2D eigenvalue weighted by molar-refractivity contribution is 7.99. The standard InChI is InChI=1S/C16H15F3OS/c17-16(18,19)13-8-6-12(7-9-13)10-14(20)11-21-15-4-2-1-3-5-15/h1-9,14,20H,10-11H2. The molecular weight excluding hydrogens is 297 g/mol. The van der Waals surface area contributed by atoms with Crippen molar-refractivity contribution < 1.29 is 18.3 Å². The zero-order chi connectivity index (χ0) is 15.3. The van der Waals surface area contributed by atoms with Crippen molar-refractivity contribution in [3.05, 3.63) is 65.7 Å². The summed E-state index contributed by atoms with van der Waals surface area (Å²) in [5.41, 5.74) is 0.0311. The Labute approximate surface area is 125 Å². The van der Waals surface area contributed by atoms with Gasteiger partial charge in [0.15, 0.2) is 0 Å². The molecule has 2 aromatic rings. The van der Waals surface area contributed by atoms with Crippen LogP contribution in [0, 0.1) is 0 Å². The van der Waals surface area contributed by atoms with Gasteiger partial charge in [-0.3, -0.25) is 0 Å². The van der Waals surface area contributed by atoms with Crippen LogP contribution in [0.25, 0.3) is 0 Å². The summed E-state index contributed by atoms with van der Waals surface area (Å²) >= 11 is 1.53. The molecule has 0 aromatic heterocycles. The van der Waals surface area contributed by atoms with Crippen LogP contribution in [0.1, 0.15) is 11.1 Å². The van der Waals surface area contributed by atoms with E-state index < -0.39 is 17.8 Å². The summed E-state index contributed by atoms with van der Waals surface area (Å²) in [6.45, 7) is 0. The van der Waals surface area contributed by atoms with Crippen molar-refractivity contribution in [3.8, 4) is 0 Å². The number of hydrogen-bond donors (Lipinski definition) is 1. The lowest BCUT2D eigenvalue weighted by Gasteiger charge is -2.11. The number of benzene rings is 2. The molecule has 5 heteroatoms. The highest BCUT2D eigenvalue weighted by Crippen LogP contribution is 2.29. The first-order valence-electron chi connectivity index (χ1n) is 6.47. The highest BCUT2D eigenvalue weighted by Gasteiger charge is 2.29. The van der Waals surface area contributed by atoms with E-state index in [4.69, 9.17) is 0 Å². The van der Waals surface area contributed by atoms with Gasteiger partial charge in [-0.25, -0.2) is 0 Å². The maximum absolute atomic E-state index is 12.4. The molecular formula is C16H15F3OS. The van der Waals surface area contributed by atoms with Gasteiger partial charge in [-0.15, -0.1) is 11.8 Å². The van der Waals surface area contributed by atoms with Gasteiger partial charge in [-0.1, -0.05) is 30.3 Å². The summed E-state index contributed by atoms with van der Waals surface area (Å²) in [4.78, 5) is 1.06. The fourth-order valence-corrected chi connectivity index (χ4v) is 2.72. The molecule has 1 N–H and O–H groups in total. The molecule has 0 saturated carbocycles. The number of halogens is 3. The van der Waals surface area contributed by atoms with Crippen LogP contribution in [0.2, 0.25) is 0 Å². The average Bonchev–Trinajstić information content (AvgIpc) is 2.46. The SMILES string of the molecule is OC(CSc1ccccc1)Cc1ccc(C(F)(F)F)cc1. The van der Waals surface area contributed by atoms with Gasteiger partial charge in [0, 0.05) is 10.6 Å². The van der Waals surface area contributed by atoms with E-state index in [0.717, 1.165) is 17.0 Å². The van der Waals surface area contributed by atoms with E-state index in [0.29, 0.717) is 17.7 Å². The van der Waals surface area contributed by atoms with Crippen molar-refractivity contribution in [2.45, 2.75) is 23.6 Å². The average molecular weight is 312 g/mol. The maximum Gasteiger partial charge on any atom is 0.416 e. The minimum Gasteiger partial charge on any atom is -0.392 e. The van der Waals surface area contributed by atoms with Crippen molar-refractivity contribution in [1.82, 2.24) is 0 Å². The molecule has 0 bridgehead atoms. The zero-order valence-corrected chi connectivity index (χ0v) is 12.0. The van der Waals surface area contributed by atoms with Gasteiger partial charge in [0.2, 0.25) is 0 Å². The number of aliphatic hydroxyl groups excluding tert-OH is 1. The van der Waals surface area contributed by atoms with Crippen LogP contribution in [0.15, 0.2) is 59.5 Å². The van der Waals surface area contributed by atoms with Crippen molar-refractivity contribution in [1.29, 1.82) is 0 Å². The molecule has 2 aromatic carbocycles. The summed E-state index contributed by atoms with van der Waals surface area (Å²) in [5, 5.41) is 9.95. The molecule has 1 atom stereocenters. The van der Waals surface area contributed by atoms with Crippen LogP contribution in [0.3, 0.4) is 0 Å². The Kier molecular flexibility index (Phi) is 5.31. The van der Waals surface area contributed by atoms with Gasteiger partial charge >= 0.3 is 6.18 Å². The first-order valence-corrected chi connectivity index (χ1v) is 7.46. The summed E-state index contributed by atoms with van der Waals surface area (Å²) in [6.07, 6.45) is -4.56. The lowest BCUT2D eigenvalue weighted by molar-refractivity contribution is -0.137. The molecule has 0 saturated heterocycles. The van der Waals surface area contributed by atoms with Crippen LogP contribution in [0.5, 0.6) is 0 Å². The molecule has 2 rings (SSSR count). The van der Waals surface area contributed by atoms with E-state index in [1.54, 1.807) is 0 Å². The fourth-order valence-electron chi connectivity index (χ4n) is 1.87. The Hall–Kier alpha value is -1.46. The third-order valence-corrected chi connectivity index (χ3v) is 4.10. The molecule has 0 amide bonds. The molecule has 0 fully saturated rings. The maximum atomic E-state index is 12.4. The Balaban J connectivity index is 1.86. The molecule has 0 radical (unpaired) electrons. The van der Waals surface area contributed by atoms with Crippen molar-refractivity contribution in [2.75, 3.05) is 5.75 Å². The van der Waals surface area contributed by atoms with Gasteiger partial charge in [-0.05, 0) is 36.2 Å². The molecule has 112 valence electrons. The summed E-state index contributed by atoms with van der Waals surface area (Å²) in [5.74, 6) is 0.505. The van der Waals surface area contributed by atoms with E-state index in [9.17, 15) is 18.3 Å². The molecule has 0 heterocycles. The second-order valence-electron chi connectivity index (χ2n) is 4.68. The lowest BCUT2D eigenvalue weighted by atomic mass is 10.1. The highest BCUT2D eigenvalue weighted by atomic mass is 32.2. The minimum atomic E-state index is -4.32. The number of aliphatic hydroxyl groups is 1. The first-order chi connectivity index (χ1) is 9.95. The van der Waals surface area contributed by atoms with Crippen molar-refractivity contribution >= 4 is 11.8 Å². The van der Waals surface area contributed by atoms with Gasteiger partial charge in [0.25, 0.3) is 0 Å². The first kappa shape index (κ1) is 15.9. The van der Waals surface area contributed by atoms with E-state index in [1.165, 1.54) is 23.9 Å². The van der Waals surface area contributed by atoms with Crippen molar-refractivity contribution in [3.63, 3.8) is 0 Å². The van der Waals surface area contributed by atoms with Crippen LogP contribution >= 0.6 is 11.8 Å². The smallest absolute Gasteiger partial charge is 0.392 e. The summed E-state index contributed by atoms with van der Waals surface area (Å²) in [7, 11) is 0. The quantitative estimate of drug-likeness (QED) is 0.826. The Bertz CT molecular complexity index is 552. The van der Waals surface area contributed by atoms with Crippen LogP contribution < -0.4 is 0 Å².